The van der Waals surface area contributed by atoms with E-state index in [1.807, 2.05) is 6.07 Å². The fraction of sp³-hybridized carbons (Fsp3) is 0.366. The van der Waals surface area contributed by atoms with Crippen LogP contribution in [0.4, 0.5) is 8.78 Å². The Morgan fingerprint density at radius 3 is 2.23 bits per heavy atom. The highest BCUT2D eigenvalue weighted by Crippen LogP contribution is 2.38. The first-order valence-electron chi connectivity index (χ1n) is 18.3. The van der Waals surface area contributed by atoms with Crippen molar-refractivity contribution in [3.8, 4) is 11.5 Å². The second-order valence-corrected chi connectivity index (χ2v) is 14.9. The topological polar surface area (TPSA) is 148 Å². The van der Waals surface area contributed by atoms with Gasteiger partial charge in [-0.1, -0.05) is 65.7 Å². The smallest absolute Gasteiger partial charge is 0.387 e. The lowest BCUT2D eigenvalue weighted by molar-refractivity contribution is -0.377. The SMILES string of the molecule is O=C(NC(C(=O)O[C@H]1CN2CCC1CC2)c1ccccc1)c1cccc(C(=O)O[C@@H](Cc2c(Cl)c[nH+]cc2Cl)c2ccc(OC(F)F)c(OCC3CC3)c2)c1.[OH-]. The molecule has 8 rings (SSSR count). The average molecular weight is 813 g/mol. The first-order chi connectivity index (χ1) is 26.6. The third-order valence-electron chi connectivity index (χ3n) is 10.2. The molecule has 11 nitrogen and oxygen atoms in total. The van der Waals surface area contributed by atoms with Crippen LogP contribution in [0.3, 0.4) is 0 Å². The Morgan fingerprint density at radius 1 is 0.857 bits per heavy atom. The van der Waals surface area contributed by atoms with Gasteiger partial charge in [0.05, 0.1) is 12.2 Å². The molecular formula is C41H41Cl2F2N3O8. The highest BCUT2D eigenvalue weighted by Gasteiger charge is 2.38. The van der Waals surface area contributed by atoms with E-state index in [1.54, 1.807) is 24.3 Å². The number of esters is 2. The number of aromatic nitrogens is 1. The van der Waals surface area contributed by atoms with Gasteiger partial charge in [0, 0.05) is 24.1 Å². The molecular weight excluding hydrogens is 771 g/mol. The number of nitrogens with one attached hydrogen (secondary N) is 2. The van der Waals surface area contributed by atoms with Gasteiger partial charge in [-0.2, -0.15) is 8.78 Å². The van der Waals surface area contributed by atoms with Crippen LogP contribution in [-0.2, 0) is 20.7 Å². The van der Waals surface area contributed by atoms with Gasteiger partial charge in [-0.3, -0.25) is 9.69 Å². The number of halogens is 4. The van der Waals surface area contributed by atoms with Gasteiger partial charge in [-0.15, -0.1) is 0 Å². The van der Waals surface area contributed by atoms with E-state index in [1.165, 1.54) is 54.9 Å². The minimum Gasteiger partial charge on any atom is -0.870 e. The van der Waals surface area contributed by atoms with E-state index in [2.05, 4.69) is 15.2 Å². The lowest BCUT2D eigenvalue weighted by Gasteiger charge is -2.44. The van der Waals surface area contributed by atoms with Gasteiger partial charge in [0.2, 0.25) is 0 Å². The van der Waals surface area contributed by atoms with Gasteiger partial charge in [-0.25, -0.2) is 14.6 Å². The van der Waals surface area contributed by atoms with Crippen LogP contribution in [0.15, 0.2) is 85.2 Å². The number of nitrogens with zero attached hydrogens (tertiary/aromatic N) is 1. The third-order valence-corrected chi connectivity index (χ3v) is 10.9. The molecule has 4 aliphatic rings. The summed E-state index contributed by atoms with van der Waals surface area (Å²) in [5.74, 6) is -1.43. The number of benzene rings is 3. The first-order valence-corrected chi connectivity index (χ1v) is 19.0. The molecule has 4 aromatic rings. The Labute approximate surface area is 332 Å². The first kappa shape index (κ1) is 40.8. The van der Waals surface area contributed by atoms with Gasteiger partial charge >= 0.3 is 18.6 Å². The van der Waals surface area contributed by atoms with Crippen LogP contribution >= 0.6 is 23.2 Å². The monoisotopic (exact) mass is 811 g/mol. The highest BCUT2D eigenvalue weighted by molar-refractivity contribution is 6.35. The highest BCUT2D eigenvalue weighted by atomic mass is 35.5. The molecule has 296 valence electrons. The molecule has 3 aromatic carbocycles. The number of carbonyl (C=O) groups excluding carboxylic acids is 3. The number of amides is 1. The summed E-state index contributed by atoms with van der Waals surface area (Å²) in [6.07, 6.45) is 5.65. The van der Waals surface area contributed by atoms with Crippen LogP contribution in [0.25, 0.3) is 0 Å². The Balaban J connectivity index is 0.00000532. The molecule has 1 aliphatic carbocycles. The van der Waals surface area contributed by atoms with Gasteiger partial charge in [-0.05, 0) is 92.1 Å². The number of ether oxygens (including phenoxy) is 4. The van der Waals surface area contributed by atoms with Crippen LogP contribution in [0.1, 0.15) is 75.2 Å². The van der Waals surface area contributed by atoms with Crippen molar-refractivity contribution in [3.05, 3.63) is 123 Å². The number of H-pyrrole nitrogens is 1. The molecule has 1 saturated carbocycles. The van der Waals surface area contributed by atoms with E-state index in [0.29, 0.717) is 35.8 Å². The second kappa shape index (κ2) is 18.4. The summed E-state index contributed by atoms with van der Waals surface area (Å²) < 4.78 is 49.2. The number of piperidine rings is 3. The Bertz CT molecular complexity index is 1990. The zero-order chi connectivity index (χ0) is 38.5. The van der Waals surface area contributed by atoms with Crippen molar-refractivity contribution in [2.45, 2.75) is 57.0 Å². The number of aromatic amines is 1. The van der Waals surface area contributed by atoms with Crippen LogP contribution in [0, 0.1) is 11.8 Å². The van der Waals surface area contributed by atoms with Crippen LogP contribution in [0.2, 0.25) is 10.0 Å². The molecule has 1 unspecified atom stereocenters. The molecule has 0 radical (unpaired) electrons. The van der Waals surface area contributed by atoms with Gasteiger partial charge in [0.1, 0.15) is 22.3 Å². The number of hydrogen-bond donors (Lipinski definition) is 1. The second-order valence-electron chi connectivity index (χ2n) is 14.1. The van der Waals surface area contributed by atoms with Crippen molar-refractivity contribution in [3.63, 3.8) is 0 Å². The lowest BCUT2D eigenvalue weighted by atomic mass is 9.86. The van der Waals surface area contributed by atoms with Crippen molar-refractivity contribution < 1.29 is 52.6 Å². The molecule has 4 fully saturated rings. The number of alkyl halides is 2. The van der Waals surface area contributed by atoms with E-state index in [0.717, 1.165) is 38.8 Å². The standard InChI is InChI=1S/C41H39Cl2F2N3O7.H2O/c42-31-20-46-21-32(43)30(31)19-34(27-11-12-33(55-41(44)45)35(18-27)52-23-24-9-10-24)53-39(50)29-8-4-7-28(17-29)38(49)47-37(26-5-2-1-3-6-26)40(51)54-36-22-48-15-13-25(36)14-16-48;/h1-8,11-12,17-18,20-21,24-25,34,36-37,41H,9-10,13-16,19,22-23H2,(H,47,49);1H2/t34-,36-,37?;/m0./s1. The third kappa shape index (κ3) is 10.1. The summed E-state index contributed by atoms with van der Waals surface area (Å²) in [5.41, 5.74) is 1.59. The maximum atomic E-state index is 13.9. The Kier molecular flexibility index (Phi) is 13.4. The maximum Gasteiger partial charge on any atom is 0.387 e. The molecule has 0 spiro atoms. The van der Waals surface area contributed by atoms with E-state index < -0.39 is 36.6 Å². The summed E-state index contributed by atoms with van der Waals surface area (Å²) >= 11 is 13.0. The van der Waals surface area contributed by atoms with Crippen LogP contribution in [0.5, 0.6) is 11.5 Å². The largest absolute Gasteiger partial charge is 0.870 e. The van der Waals surface area contributed by atoms with Crippen LogP contribution in [-0.4, -0.2) is 67.2 Å². The quantitative estimate of drug-likeness (QED) is 0.123. The summed E-state index contributed by atoms with van der Waals surface area (Å²) in [5, 5.41) is 3.39. The molecule has 2 bridgehead atoms. The molecule has 4 heterocycles. The summed E-state index contributed by atoms with van der Waals surface area (Å²) in [6, 6.07) is 18.0. The molecule has 1 aromatic heterocycles. The van der Waals surface area contributed by atoms with Crippen molar-refractivity contribution in [1.82, 2.24) is 10.2 Å². The van der Waals surface area contributed by atoms with Crippen molar-refractivity contribution in [1.29, 1.82) is 0 Å². The summed E-state index contributed by atoms with van der Waals surface area (Å²) in [7, 11) is 0. The van der Waals surface area contributed by atoms with Gasteiger partial charge in [0.15, 0.2) is 29.9 Å². The minimum absolute atomic E-state index is 0. The molecule has 1 amide bonds. The lowest BCUT2D eigenvalue weighted by Crippen LogP contribution is -2.52. The molecule has 3 atom stereocenters. The van der Waals surface area contributed by atoms with Crippen molar-refractivity contribution >= 4 is 41.0 Å². The van der Waals surface area contributed by atoms with Gasteiger partial charge < -0.3 is 29.7 Å². The van der Waals surface area contributed by atoms with E-state index >= 15 is 0 Å². The number of rotatable bonds is 15. The molecule has 15 heteroatoms. The molecule has 3 saturated heterocycles. The van der Waals surface area contributed by atoms with E-state index in [9.17, 15) is 23.2 Å². The van der Waals surface area contributed by atoms with Gasteiger partial charge in [0.25, 0.3) is 5.91 Å². The number of pyridine rings is 1. The molecule has 3 aliphatic heterocycles. The summed E-state index contributed by atoms with van der Waals surface area (Å²) in [4.78, 5) is 46.4. The van der Waals surface area contributed by atoms with Crippen molar-refractivity contribution in [2.24, 2.45) is 11.8 Å². The number of carbonyl (C=O) groups is 3. The minimum atomic E-state index is -3.08. The van der Waals surface area contributed by atoms with Crippen LogP contribution < -0.4 is 19.8 Å². The Morgan fingerprint density at radius 2 is 1.57 bits per heavy atom. The van der Waals surface area contributed by atoms with Crippen molar-refractivity contribution in [2.75, 3.05) is 26.2 Å². The number of fused-ring (bicyclic) bond motifs is 3. The van der Waals surface area contributed by atoms with E-state index in [-0.39, 0.29) is 56.6 Å². The predicted octanol–water partition coefficient (Wildman–Crippen LogP) is 7.27. The number of hydrogen-bond acceptors (Lipinski definition) is 9. The zero-order valence-corrected chi connectivity index (χ0v) is 31.7. The fourth-order valence-corrected chi connectivity index (χ4v) is 7.52. The van der Waals surface area contributed by atoms with E-state index in [4.69, 9.17) is 42.1 Å². The average Bonchev–Trinajstić information content (AvgIpc) is 4.03. The molecule has 3 N–H and O–H groups in total. The molecule has 56 heavy (non-hydrogen) atoms. The summed E-state index contributed by atoms with van der Waals surface area (Å²) in [6.45, 7) is -0.120. The Hall–Kier alpha value is -4.82. The normalized spacial score (nSPS) is 19.6. The maximum absolute atomic E-state index is 13.9. The zero-order valence-electron chi connectivity index (χ0n) is 30.2. The predicted molar refractivity (Wildman–Crippen MR) is 200 cm³/mol. The fourth-order valence-electron chi connectivity index (χ4n) is 6.99.